The van der Waals surface area contributed by atoms with Crippen LogP contribution < -0.4 is 9.47 Å². The lowest BCUT2D eigenvalue weighted by Crippen LogP contribution is -2.38. The van der Waals surface area contributed by atoms with Crippen LogP contribution in [0.2, 0.25) is 0 Å². The van der Waals surface area contributed by atoms with Crippen molar-refractivity contribution in [2.45, 2.75) is 6.54 Å². The molecular formula is C32H32N4O4. The van der Waals surface area contributed by atoms with Crippen molar-refractivity contribution < 1.29 is 19.0 Å². The van der Waals surface area contributed by atoms with E-state index in [0.717, 1.165) is 67.3 Å². The molecule has 0 unspecified atom stereocenters. The summed E-state index contributed by atoms with van der Waals surface area (Å²) in [5, 5.41) is 0. The number of imidazole rings is 2. The second-order valence-electron chi connectivity index (χ2n) is 9.72. The molecule has 8 heteroatoms. The summed E-state index contributed by atoms with van der Waals surface area (Å²) in [6.07, 6.45) is 3.41. The molecule has 5 aromatic rings. The summed E-state index contributed by atoms with van der Waals surface area (Å²) >= 11 is 0. The molecule has 1 saturated heterocycles. The molecule has 0 radical (unpaired) electrons. The average molecular weight is 537 g/mol. The highest BCUT2D eigenvalue weighted by atomic mass is 16.5. The van der Waals surface area contributed by atoms with Gasteiger partial charge in [0.25, 0.3) is 0 Å². The Balaban J connectivity index is 1.46. The Morgan fingerprint density at radius 2 is 1.62 bits per heavy atom. The van der Waals surface area contributed by atoms with E-state index in [1.165, 1.54) is 0 Å². The molecule has 0 N–H and O–H groups in total. The number of rotatable bonds is 9. The van der Waals surface area contributed by atoms with Crippen molar-refractivity contribution >= 4 is 28.7 Å². The summed E-state index contributed by atoms with van der Waals surface area (Å²) < 4.78 is 20.6. The van der Waals surface area contributed by atoms with Crippen LogP contribution in [0.5, 0.6) is 11.5 Å². The molecule has 0 saturated carbocycles. The van der Waals surface area contributed by atoms with Crippen LogP contribution >= 0.6 is 0 Å². The number of hydrogen-bond donors (Lipinski definition) is 0. The van der Waals surface area contributed by atoms with Crippen LogP contribution in [0.1, 0.15) is 16.1 Å². The van der Waals surface area contributed by atoms with E-state index in [9.17, 15) is 4.79 Å². The fourth-order valence-electron chi connectivity index (χ4n) is 5.33. The maximum atomic E-state index is 14.0. The number of aromatic nitrogens is 3. The summed E-state index contributed by atoms with van der Waals surface area (Å²) in [5.41, 5.74) is 4.95. The minimum atomic E-state index is -0.128. The van der Waals surface area contributed by atoms with E-state index in [0.29, 0.717) is 22.9 Å². The molecule has 1 fully saturated rings. The van der Waals surface area contributed by atoms with E-state index in [2.05, 4.69) is 21.6 Å². The number of nitrogens with zero attached hydrogens (tertiary/aromatic N) is 4. The Hall–Kier alpha value is -4.40. The molecule has 8 nitrogen and oxygen atoms in total. The van der Waals surface area contributed by atoms with Crippen LogP contribution in [0.3, 0.4) is 0 Å². The molecule has 40 heavy (non-hydrogen) atoms. The number of ether oxygens (including phenoxy) is 3. The molecule has 3 aromatic carbocycles. The molecule has 204 valence electrons. The highest BCUT2D eigenvalue weighted by Gasteiger charge is 2.25. The van der Waals surface area contributed by atoms with Crippen molar-refractivity contribution in [3.8, 4) is 22.8 Å². The molecule has 1 aliphatic rings. The van der Waals surface area contributed by atoms with Crippen LogP contribution in [0, 0.1) is 0 Å². The lowest BCUT2D eigenvalue weighted by Gasteiger charge is -2.26. The van der Waals surface area contributed by atoms with Gasteiger partial charge in [-0.3, -0.25) is 14.1 Å². The highest BCUT2D eigenvalue weighted by Crippen LogP contribution is 2.31. The lowest BCUT2D eigenvalue weighted by molar-refractivity contribution is 0.0366. The highest BCUT2D eigenvalue weighted by molar-refractivity contribution is 6.11. The number of carbonyl (C=O) groups excluding carboxylic acids is 1. The van der Waals surface area contributed by atoms with Crippen molar-refractivity contribution in [2.75, 3.05) is 47.1 Å². The number of carbonyl (C=O) groups is 1. The summed E-state index contributed by atoms with van der Waals surface area (Å²) in [5.74, 6) is 1.88. The van der Waals surface area contributed by atoms with Gasteiger partial charge in [-0.05, 0) is 35.9 Å². The minimum absolute atomic E-state index is 0.128. The summed E-state index contributed by atoms with van der Waals surface area (Å²) in [7, 11) is 3.20. The molecule has 2 aromatic heterocycles. The van der Waals surface area contributed by atoms with Gasteiger partial charge in [-0.25, -0.2) is 4.98 Å². The minimum Gasteiger partial charge on any atom is -0.493 e. The van der Waals surface area contributed by atoms with E-state index < -0.39 is 0 Å². The number of ketones is 1. The van der Waals surface area contributed by atoms with E-state index >= 15 is 0 Å². The van der Waals surface area contributed by atoms with Gasteiger partial charge in [-0.15, -0.1) is 0 Å². The zero-order valence-electron chi connectivity index (χ0n) is 22.7. The van der Waals surface area contributed by atoms with E-state index in [4.69, 9.17) is 19.2 Å². The third kappa shape index (κ3) is 4.87. The van der Waals surface area contributed by atoms with Gasteiger partial charge in [-0.1, -0.05) is 54.6 Å². The number of allylic oxidation sites excluding steroid dienone is 1. The normalized spacial score (nSPS) is 14.3. The first-order valence-corrected chi connectivity index (χ1v) is 13.5. The van der Waals surface area contributed by atoms with Crippen LogP contribution in [-0.4, -0.2) is 71.7 Å². The van der Waals surface area contributed by atoms with Gasteiger partial charge in [0, 0.05) is 31.7 Å². The van der Waals surface area contributed by atoms with E-state index in [-0.39, 0.29) is 5.78 Å². The monoisotopic (exact) mass is 536 g/mol. The Labute approximate surface area is 233 Å². The van der Waals surface area contributed by atoms with Gasteiger partial charge in [-0.2, -0.15) is 0 Å². The first-order valence-electron chi connectivity index (χ1n) is 13.5. The predicted molar refractivity (Wildman–Crippen MR) is 156 cm³/mol. The van der Waals surface area contributed by atoms with Crippen molar-refractivity contribution in [1.82, 2.24) is 18.9 Å². The molecule has 0 atom stereocenters. The van der Waals surface area contributed by atoms with E-state index in [1.54, 1.807) is 26.4 Å². The second kappa shape index (κ2) is 11.4. The fourth-order valence-corrected chi connectivity index (χ4v) is 5.33. The molecule has 1 aliphatic heterocycles. The second-order valence-corrected chi connectivity index (χ2v) is 9.72. The van der Waals surface area contributed by atoms with Crippen molar-refractivity contribution in [3.05, 3.63) is 90.1 Å². The predicted octanol–water partition coefficient (Wildman–Crippen LogP) is 5.20. The van der Waals surface area contributed by atoms with Gasteiger partial charge in [0.15, 0.2) is 11.5 Å². The number of para-hydroxylation sites is 2. The van der Waals surface area contributed by atoms with Gasteiger partial charge in [0.2, 0.25) is 11.6 Å². The van der Waals surface area contributed by atoms with Gasteiger partial charge in [0.05, 0.1) is 38.5 Å². The third-order valence-corrected chi connectivity index (χ3v) is 7.37. The standard InChI is InChI=1S/C32H32N4O4/c1-38-28-15-13-23(22-29(28)39-2)12-14-27(37)31-30(24-8-4-3-5-9-24)33-32-35(17-16-34-18-20-40-21-19-34)25-10-6-7-11-26(25)36(31)32/h3-15,22H,16-21H2,1-2H3. The van der Waals surface area contributed by atoms with Crippen molar-refractivity contribution in [3.63, 3.8) is 0 Å². The molecule has 3 heterocycles. The third-order valence-electron chi connectivity index (χ3n) is 7.37. The topological polar surface area (TPSA) is 70.2 Å². The summed E-state index contributed by atoms with van der Waals surface area (Å²) in [6, 6.07) is 23.7. The number of methoxy groups -OCH3 is 2. The van der Waals surface area contributed by atoms with Crippen molar-refractivity contribution in [1.29, 1.82) is 0 Å². The molecule has 0 amide bonds. The lowest BCUT2D eigenvalue weighted by atomic mass is 10.1. The van der Waals surface area contributed by atoms with E-state index in [1.807, 2.05) is 65.1 Å². The molecule has 0 spiro atoms. The SMILES string of the molecule is COc1ccc(C=CC(=O)c2c(-c3ccccc3)nc3n(CCN4CCOCC4)c4ccccc4n23)cc1OC. The first-order chi connectivity index (χ1) is 19.7. The van der Waals surface area contributed by atoms with Crippen molar-refractivity contribution in [2.24, 2.45) is 0 Å². The smallest absolute Gasteiger partial charge is 0.216 e. The zero-order chi connectivity index (χ0) is 27.5. The maximum absolute atomic E-state index is 14.0. The van der Waals surface area contributed by atoms with Crippen LogP contribution in [-0.2, 0) is 11.3 Å². The Kier molecular flexibility index (Phi) is 7.35. The van der Waals surface area contributed by atoms with Gasteiger partial charge >= 0.3 is 0 Å². The van der Waals surface area contributed by atoms with Crippen LogP contribution in [0.4, 0.5) is 0 Å². The summed E-state index contributed by atoms with van der Waals surface area (Å²) in [6.45, 7) is 5.00. The fraction of sp³-hybridized carbons (Fsp3) is 0.250. The van der Waals surface area contributed by atoms with Gasteiger partial charge in [0.1, 0.15) is 11.4 Å². The van der Waals surface area contributed by atoms with Gasteiger partial charge < -0.3 is 18.8 Å². The zero-order valence-corrected chi connectivity index (χ0v) is 22.7. The molecule has 0 aliphatic carbocycles. The molecule has 0 bridgehead atoms. The number of fused-ring (bicyclic) bond motifs is 3. The Morgan fingerprint density at radius 3 is 2.38 bits per heavy atom. The first kappa shape index (κ1) is 25.9. The average Bonchev–Trinajstić information content (AvgIpc) is 3.55. The molecular weight excluding hydrogens is 504 g/mol. The molecule has 6 rings (SSSR count). The maximum Gasteiger partial charge on any atom is 0.216 e. The number of hydrogen-bond acceptors (Lipinski definition) is 6. The van der Waals surface area contributed by atoms with Crippen LogP contribution in [0.25, 0.3) is 34.1 Å². The summed E-state index contributed by atoms with van der Waals surface area (Å²) in [4.78, 5) is 21.5. The largest absolute Gasteiger partial charge is 0.493 e. The quantitative estimate of drug-likeness (QED) is 0.191. The number of morpholine rings is 1. The Bertz CT molecular complexity index is 1680. The number of benzene rings is 3. The van der Waals surface area contributed by atoms with Crippen LogP contribution in [0.15, 0.2) is 78.9 Å². The Morgan fingerprint density at radius 1 is 0.900 bits per heavy atom.